The van der Waals surface area contributed by atoms with Crippen LogP contribution in [0.15, 0.2) is 41.8 Å². The third-order valence-electron chi connectivity index (χ3n) is 5.45. The molecule has 1 aliphatic heterocycles. The first-order valence-corrected chi connectivity index (χ1v) is 11.4. The summed E-state index contributed by atoms with van der Waals surface area (Å²) < 4.78 is 6.54. The van der Waals surface area contributed by atoms with E-state index in [9.17, 15) is 0 Å². The quantitative estimate of drug-likeness (QED) is 0.690. The van der Waals surface area contributed by atoms with Gasteiger partial charge in [0.25, 0.3) is 0 Å². The average Bonchev–Trinajstić information content (AvgIpc) is 3.17. The zero-order valence-corrected chi connectivity index (χ0v) is 18.4. The van der Waals surface area contributed by atoms with Crippen LogP contribution in [0.2, 0.25) is 0 Å². The highest BCUT2D eigenvalue weighted by Crippen LogP contribution is 2.30. The van der Waals surface area contributed by atoms with Crippen LogP contribution in [-0.4, -0.2) is 63.2 Å². The molecule has 1 aromatic heterocycles. The van der Waals surface area contributed by atoms with E-state index in [4.69, 9.17) is 4.74 Å². The second-order valence-corrected chi connectivity index (χ2v) is 9.02. The summed E-state index contributed by atoms with van der Waals surface area (Å²) in [7, 11) is 4.23. The molecule has 1 aromatic carbocycles. The fourth-order valence-corrected chi connectivity index (χ4v) is 4.78. The fourth-order valence-electron chi connectivity index (χ4n) is 3.99. The molecule has 3 rings (SSSR count). The van der Waals surface area contributed by atoms with Gasteiger partial charge < -0.3 is 19.9 Å². The first-order valence-electron chi connectivity index (χ1n) is 10.5. The smallest absolute Gasteiger partial charge is 0.134 e. The van der Waals surface area contributed by atoms with Crippen molar-refractivity contribution in [3.8, 4) is 5.75 Å². The lowest BCUT2D eigenvalue weighted by atomic mass is 10.1. The van der Waals surface area contributed by atoms with Crippen LogP contribution in [0.3, 0.4) is 0 Å². The van der Waals surface area contributed by atoms with Crippen molar-refractivity contribution in [1.29, 1.82) is 0 Å². The van der Waals surface area contributed by atoms with Gasteiger partial charge in [-0.1, -0.05) is 31.2 Å². The number of rotatable bonds is 9. The van der Waals surface area contributed by atoms with Gasteiger partial charge in [-0.15, -0.1) is 11.3 Å². The zero-order valence-electron chi connectivity index (χ0n) is 17.6. The summed E-state index contributed by atoms with van der Waals surface area (Å²) in [6, 6.07) is 12.9. The first kappa shape index (κ1) is 21.3. The van der Waals surface area contributed by atoms with Gasteiger partial charge in [0.1, 0.15) is 11.9 Å². The maximum Gasteiger partial charge on any atom is 0.134 e. The van der Waals surface area contributed by atoms with E-state index in [1.807, 2.05) is 7.05 Å². The Labute approximate surface area is 174 Å². The summed E-state index contributed by atoms with van der Waals surface area (Å²) in [5.41, 5.74) is 1.32. The number of thiophene rings is 1. The Kier molecular flexibility index (Phi) is 8.34. The molecule has 0 unspecified atom stereocenters. The predicted molar refractivity (Wildman–Crippen MR) is 119 cm³/mol. The van der Waals surface area contributed by atoms with E-state index in [-0.39, 0.29) is 6.10 Å². The van der Waals surface area contributed by atoms with Crippen molar-refractivity contribution < 1.29 is 4.74 Å². The van der Waals surface area contributed by atoms with Crippen LogP contribution in [0.1, 0.15) is 29.9 Å². The van der Waals surface area contributed by atoms with Gasteiger partial charge in [-0.2, -0.15) is 0 Å². The van der Waals surface area contributed by atoms with Crippen LogP contribution < -0.4 is 10.1 Å². The van der Waals surface area contributed by atoms with Gasteiger partial charge in [0.05, 0.1) is 0 Å². The third-order valence-corrected chi connectivity index (χ3v) is 6.41. The molecule has 0 bridgehead atoms. The van der Waals surface area contributed by atoms with E-state index >= 15 is 0 Å². The second kappa shape index (κ2) is 11.0. The molecule has 2 heterocycles. The molecule has 1 aliphatic rings. The largest absolute Gasteiger partial charge is 0.485 e. The van der Waals surface area contributed by atoms with Crippen molar-refractivity contribution in [1.82, 2.24) is 15.1 Å². The number of likely N-dealkylation sites (N-methyl/N-ethyl adjacent to an activating group) is 1. The Morgan fingerprint density at radius 3 is 2.82 bits per heavy atom. The fraction of sp³-hybridized carbons (Fsp3) is 0.565. The summed E-state index contributed by atoms with van der Waals surface area (Å²) in [5.74, 6) is 1.76. The summed E-state index contributed by atoms with van der Waals surface area (Å²) in [5, 5.41) is 5.39. The Bertz CT molecular complexity index is 691. The molecular weight excluding hydrogens is 366 g/mol. The summed E-state index contributed by atoms with van der Waals surface area (Å²) in [6.45, 7) is 9.11. The van der Waals surface area contributed by atoms with Gasteiger partial charge in [0.2, 0.25) is 0 Å². The van der Waals surface area contributed by atoms with Crippen LogP contribution in [0.4, 0.5) is 0 Å². The molecule has 28 heavy (non-hydrogen) atoms. The molecule has 1 N–H and O–H groups in total. The minimum Gasteiger partial charge on any atom is -0.485 e. The molecule has 0 radical (unpaired) electrons. The third kappa shape index (κ3) is 6.31. The van der Waals surface area contributed by atoms with Crippen LogP contribution in [0.25, 0.3) is 0 Å². The summed E-state index contributed by atoms with van der Waals surface area (Å²) in [4.78, 5) is 6.37. The van der Waals surface area contributed by atoms with E-state index in [0.717, 1.165) is 50.7 Å². The minimum absolute atomic E-state index is 0.112. The molecule has 2 atom stereocenters. The molecule has 0 aliphatic carbocycles. The van der Waals surface area contributed by atoms with Gasteiger partial charge in [-0.05, 0) is 56.1 Å². The maximum atomic E-state index is 6.54. The summed E-state index contributed by atoms with van der Waals surface area (Å²) in [6.07, 6.45) is 2.12. The van der Waals surface area contributed by atoms with E-state index in [2.05, 4.69) is 70.9 Å². The van der Waals surface area contributed by atoms with Gasteiger partial charge in [-0.3, -0.25) is 0 Å². The molecule has 4 nitrogen and oxygen atoms in total. The maximum absolute atomic E-state index is 6.54. The number of hydrogen-bond acceptors (Lipinski definition) is 5. The highest BCUT2D eigenvalue weighted by molar-refractivity contribution is 7.10. The normalized spacial score (nSPS) is 20.0. The Hall–Kier alpha value is -1.40. The second-order valence-electron chi connectivity index (χ2n) is 8.04. The van der Waals surface area contributed by atoms with Crippen molar-refractivity contribution in [2.24, 2.45) is 5.92 Å². The van der Waals surface area contributed by atoms with E-state index < -0.39 is 0 Å². The average molecular weight is 402 g/mol. The molecule has 5 heteroatoms. The minimum atomic E-state index is 0.112. The lowest BCUT2D eigenvalue weighted by Crippen LogP contribution is -2.31. The van der Waals surface area contributed by atoms with Gasteiger partial charge in [0, 0.05) is 44.0 Å². The van der Waals surface area contributed by atoms with Crippen molar-refractivity contribution in [3.63, 3.8) is 0 Å². The molecule has 2 aromatic rings. The highest BCUT2D eigenvalue weighted by Gasteiger charge is 2.19. The number of para-hydroxylation sites is 1. The molecule has 0 spiro atoms. The predicted octanol–water partition coefficient (Wildman–Crippen LogP) is 3.90. The standard InChI is InChI=1S/C23H35N3OS/c1-19-17-25(3)14-15-26(18-19)13-11-20-7-4-5-8-21(20)27-22(10-12-24-2)23-9-6-16-28-23/h4-9,16,19,22,24H,10-15,17-18H2,1-3H3/t19-,22+/m0/s1. The van der Waals surface area contributed by atoms with Crippen LogP contribution in [0, 0.1) is 5.92 Å². The van der Waals surface area contributed by atoms with Crippen LogP contribution >= 0.6 is 11.3 Å². The Morgan fingerprint density at radius 1 is 1.18 bits per heavy atom. The summed E-state index contributed by atoms with van der Waals surface area (Å²) >= 11 is 1.78. The number of benzene rings is 1. The number of hydrogen-bond donors (Lipinski definition) is 1. The van der Waals surface area contributed by atoms with Gasteiger partial charge in [-0.25, -0.2) is 0 Å². The van der Waals surface area contributed by atoms with Gasteiger partial charge in [0.15, 0.2) is 0 Å². The van der Waals surface area contributed by atoms with Crippen molar-refractivity contribution in [2.75, 3.05) is 53.4 Å². The number of nitrogens with zero attached hydrogens (tertiary/aromatic N) is 2. The van der Waals surface area contributed by atoms with Crippen molar-refractivity contribution in [2.45, 2.75) is 25.9 Å². The number of nitrogens with one attached hydrogen (secondary N) is 1. The van der Waals surface area contributed by atoms with Crippen LogP contribution in [-0.2, 0) is 6.42 Å². The highest BCUT2D eigenvalue weighted by atomic mass is 32.1. The number of ether oxygens (including phenoxy) is 1. The van der Waals surface area contributed by atoms with E-state index in [1.54, 1.807) is 11.3 Å². The molecule has 0 amide bonds. The Balaban J connectivity index is 1.65. The van der Waals surface area contributed by atoms with Crippen molar-refractivity contribution >= 4 is 11.3 Å². The van der Waals surface area contributed by atoms with Gasteiger partial charge >= 0.3 is 0 Å². The molecule has 1 fully saturated rings. The van der Waals surface area contributed by atoms with Crippen LogP contribution in [0.5, 0.6) is 5.75 Å². The first-order chi connectivity index (χ1) is 13.7. The lowest BCUT2D eigenvalue weighted by molar-refractivity contribution is 0.195. The van der Waals surface area contributed by atoms with Crippen molar-refractivity contribution in [3.05, 3.63) is 52.2 Å². The molecule has 154 valence electrons. The molecular formula is C23H35N3OS. The lowest BCUT2D eigenvalue weighted by Gasteiger charge is -2.24. The van der Waals surface area contributed by atoms with E-state index in [1.165, 1.54) is 23.5 Å². The van der Waals surface area contributed by atoms with E-state index in [0.29, 0.717) is 0 Å². The SMILES string of the molecule is CNCC[C@@H](Oc1ccccc1CCN1CCN(C)C[C@H](C)C1)c1cccs1. The monoisotopic (exact) mass is 401 g/mol. The topological polar surface area (TPSA) is 27.7 Å². The molecule has 1 saturated heterocycles. The Morgan fingerprint density at radius 2 is 2.04 bits per heavy atom. The molecule has 0 saturated carbocycles. The zero-order chi connectivity index (χ0) is 19.8.